The van der Waals surface area contributed by atoms with Crippen molar-refractivity contribution in [3.8, 4) is 0 Å². The summed E-state index contributed by atoms with van der Waals surface area (Å²) < 4.78 is 36.9. The number of ketones is 1. The molecule has 0 heterocycles. The predicted molar refractivity (Wildman–Crippen MR) is 70.9 cm³/mol. The van der Waals surface area contributed by atoms with Crippen LogP contribution in [0.5, 0.6) is 0 Å². The van der Waals surface area contributed by atoms with Gasteiger partial charge in [0.05, 0.1) is 25.3 Å². The van der Waals surface area contributed by atoms with Crippen LogP contribution in [0.1, 0.15) is 10.4 Å². The van der Waals surface area contributed by atoms with E-state index in [2.05, 4.69) is 0 Å². The molecule has 112 valence electrons. The Labute approximate surface area is 117 Å². The first-order valence-corrected chi connectivity index (χ1v) is 6.27. The molecule has 0 spiro atoms. The fourth-order valence-corrected chi connectivity index (χ4v) is 1.76. The number of nitrogens with zero attached hydrogens (tertiary/aromatic N) is 1. The summed E-state index contributed by atoms with van der Waals surface area (Å²) in [5.74, 6) is -2.27. The lowest BCUT2D eigenvalue weighted by molar-refractivity contribution is 0.0830. The van der Waals surface area contributed by atoms with Gasteiger partial charge in [0.1, 0.15) is 11.6 Å². The largest absolute Gasteiger partial charge is 0.383 e. The minimum absolute atomic E-state index is 0.0788. The molecular formula is C14H19F2NO3. The molecule has 1 rings (SSSR count). The van der Waals surface area contributed by atoms with Crippen molar-refractivity contribution in [2.45, 2.75) is 0 Å². The maximum atomic E-state index is 13.5. The SMILES string of the molecule is COCCN(CCOC)CC(=O)c1c(F)cccc1F. The number of Topliss-reactive ketones (excluding diaryl/α,β-unsaturated/α-hetero) is 1. The molecular weight excluding hydrogens is 268 g/mol. The Morgan fingerprint density at radius 2 is 1.60 bits per heavy atom. The zero-order chi connectivity index (χ0) is 15.0. The quantitative estimate of drug-likeness (QED) is 0.649. The lowest BCUT2D eigenvalue weighted by Crippen LogP contribution is -2.35. The summed E-state index contributed by atoms with van der Waals surface area (Å²) in [5, 5.41) is 0. The molecule has 1 aromatic carbocycles. The third-order valence-corrected chi connectivity index (χ3v) is 2.83. The van der Waals surface area contributed by atoms with E-state index in [0.717, 1.165) is 12.1 Å². The molecule has 0 unspecified atom stereocenters. The molecule has 1 aromatic rings. The van der Waals surface area contributed by atoms with Crippen molar-refractivity contribution in [2.24, 2.45) is 0 Å². The summed E-state index contributed by atoms with van der Waals surface area (Å²) in [5.41, 5.74) is -0.493. The third kappa shape index (κ3) is 4.96. The summed E-state index contributed by atoms with van der Waals surface area (Å²) in [6.07, 6.45) is 0. The molecule has 20 heavy (non-hydrogen) atoms. The molecule has 0 radical (unpaired) electrons. The van der Waals surface area contributed by atoms with E-state index in [-0.39, 0.29) is 6.54 Å². The summed E-state index contributed by atoms with van der Waals surface area (Å²) in [6.45, 7) is 1.75. The summed E-state index contributed by atoms with van der Waals surface area (Å²) in [7, 11) is 3.10. The van der Waals surface area contributed by atoms with Gasteiger partial charge < -0.3 is 9.47 Å². The van der Waals surface area contributed by atoms with Gasteiger partial charge in [-0.05, 0) is 12.1 Å². The Bertz CT molecular complexity index is 412. The van der Waals surface area contributed by atoms with Gasteiger partial charge in [-0.15, -0.1) is 0 Å². The number of carbonyl (C=O) groups is 1. The number of halogens is 2. The minimum atomic E-state index is -0.839. The van der Waals surface area contributed by atoms with E-state index in [1.807, 2.05) is 0 Å². The standard InChI is InChI=1S/C14H19F2NO3/c1-19-8-6-17(7-9-20-2)10-13(18)14-11(15)4-3-5-12(14)16/h3-5H,6-10H2,1-2H3. The van der Waals surface area contributed by atoms with Crippen molar-refractivity contribution in [3.05, 3.63) is 35.4 Å². The molecule has 0 aliphatic heterocycles. The molecule has 0 bridgehead atoms. The second-order valence-corrected chi connectivity index (χ2v) is 4.28. The average Bonchev–Trinajstić information content (AvgIpc) is 2.41. The molecule has 0 N–H and O–H groups in total. The Hall–Kier alpha value is -1.37. The van der Waals surface area contributed by atoms with Crippen molar-refractivity contribution >= 4 is 5.78 Å². The molecule has 0 saturated heterocycles. The lowest BCUT2D eigenvalue weighted by Gasteiger charge is -2.20. The normalized spacial score (nSPS) is 11.1. The second kappa shape index (κ2) is 8.73. The highest BCUT2D eigenvalue weighted by atomic mass is 19.1. The smallest absolute Gasteiger partial charge is 0.182 e. The molecule has 6 heteroatoms. The van der Waals surface area contributed by atoms with E-state index < -0.39 is 23.0 Å². The monoisotopic (exact) mass is 287 g/mol. The molecule has 0 atom stereocenters. The van der Waals surface area contributed by atoms with Crippen LogP contribution in [-0.2, 0) is 9.47 Å². The summed E-state index contributed by atoms with van der Waals surface area (Å²) >= 11 is 0. The van der Waals surface area contributed by atoms with Gasteiger partial charge in [-0.1, -0.05) is 6.07 Å². The highest BCUT2D eigenvalue weighted by Crippen LogP contribution is 2.13. The molecule has 0 fully saturated rings. The van der Waals surface area contributed by atoms with E-state index in [9.17, 15) is 13.6 Å². The van der Waals surface area contributed by atoms with E-state index in [4.69, 9.17) is 9.47 Å². The molecule has 0 amide bonds. The van der Waals surface area contributed by atoms with Gasteiger partial charge in [0.15, 0.2) is 5.78 Å². The topological polar surface area (TPSA) is 38.8 Å². The number of hydrogen-bond donors (Lipinski definition) is 0. The number of carbonyl (C=O) groups excluding carboxylic acids is 1. The van der Waals surface area contributed by atoms with E-state index in [0.29, 0.717) is 26.3 Å². The van der Waals surface area contributed by atoms with Gasteiger partial charge in [-0.2, -0.15) is 0 Å². The Morgan fingerprint density at radius 3 is 2.05 bits per heavy atom. The molecule has 0 aromatic heterocycles. The fraction of sp³-hybridized carbons (Fsp3) is 0.500. The number of ether oxygens (including phenoxy) is 2. The van der Waals surface area contributed by atoms with Crippen LogP contribution in [-0.4, -0.2) is 57.8 Å². The molecule has 4 nitrogen and oxygen atoms in total. The molecule has 0 aliphatic carbocycles. The highest BCUT2D eigenvalue weighted by Gasteiger charge is 2.19. The van der Waals surface area contributed by atoms with Crippen LogP contribution in [0, 0.1) is 11.6 Å². The number of methoxy groups -OCH3 is 2. The second-order valence-electron chi connectivity index (χ2n) is 4.28. The first kappa shape index (κ1) is 16.7. The van der Waals surface area contributed by atoms with E-state index in [1.165, 1.54) is 6.07 Å². The van der Waals surface area contributed by atoms with Crippen molar-refractivity contribution < 1.29 is 23.0 Å². The van der Waals surface area contributed by atoms with Gasteiger partial charge in [0, 0.05) is 27.3 Å². The number of hydrogen-bond acceptors (Lipinski definition) is 4. The Kier molecular flexibility index (Phi) is 7.28. The van der Waals surface area contributed by atoms with Gasteiger partial charge in [-0.25, -0.2) is 8.78 Å². The van der Waals surface area contributed by atoms with Crippen LogP contribution in [0.3, 0.4) is 0 Å². The first-order valence-electron chi connectivity index (χ1n) is 6.27. The Morgan fingerprint density at radius 1 is 1.10 bits per heavy atom. The van der Waals surface area contributed by atoms with Crippen LogP contribution in [0.25, 0.3) is 0 Å². The van der Waals surface area contributed by atoms with Gasteiger partial charge in [-0.3, -0.25) is 9.69 Å². The van der Waals surface area contributed by atoms with Crippen molar-refractivity contribution in [2.75, 3.05) is 47.1 Å². The van der Waals surface area contributed by atoms with Crippen LogP contribution in [0.15, 0.2) is 18.2 Å². The lowest BCUT2D eigenvalue weighted by atomic mass is 10.1. The van der Waals surface area contributed by atoms with Crippen molar-refractivity contribution in [1.82, 2.24) is 4.90 Å². The van der Waals surface area contributed by atoms with Gasteiger partial charge in [0.2, 0.25) is 0 Å². The van der Waals surface area contributed by atoms with Crippen LogP contribution in [0.4, 0.5) is 8.78 Å². The van der Waals surface area contributed by atoms with Gasteiger partial charge in [0.25, 0.3) is 0 Å². The zero-order valence-electron chi connectivity index (χ0n) is 11.7. The van der Waals surface area contributed by atoms with Crippen molar-refractivity contribution in [1.29, 1.82) is 0 Å². The molecule has 0 saturated carbocycles. The highest BCUT2D eigenvalue weighted by molar-refractivity contribution is 5.98. The van der Waals surface area contributed by atoms with E-state index in [1.54, 1.807) is 19.1 Å². The Balaban J connectivity index is 2.73. The number of benzene rings is 1. The maximum absolute atomic E-state index is 13.5. The number of rotatable bonds is 9. The van der Waals surface area contributed by atoms with Crippen LogP contribution < -0.4 is 0 Å². The average molecular weight is 287 g/mol. The van der Waals surface area contributed by atoms with Crippen LogP contribution in [0.2, 0.25) is 0 Å². The maximum Gasteiger partial charge on any atom is 0.182 e. The first-order chi connectivity index (χ1) is 9.60. The van der Waals surface area contributed by atoms with E-state index >= 15 is 0 Å². The molecule has 0 aliphatic rings. The van der Waals surface area contributed by atoms with Crippen molar-refractivity contribution in [3.63, 3.8) is 0 Å². The zero-order valence-corrected chi connectivity index (χ0v) is 11.7. The summed E-state index contributed by atoms with van der Waals surface area (Å²) in [6, 6.07) is 3.38. The van der Waals surface area contributed by atoms with Gasteiger partial charge >= 0.3 is 0 Å². The summed E-state index contributed by atoms with van der Waals surface area (Å²) in [4.78, 5) is 13.8. The predicted octanol–water partition coefficient (Wildman–Crippen LogP) is 1.74. The fourth-order valence-electron chi connectivity index (χ4n) is 1.76. The minimum Gasteiger partial charge on any atom is -0.383 e. The van der Waals surface area contributed by atoms with Crippen LogP contribution >= 0.6 is 0 Å². The third-order valence-electron chi connectivity index (χ3n) is 2.83.